The van der Waals surface area contributed by atoms with Crippen molar-refractivity contribution in [2.75, 3.05) is 12.9 Å². The lowest BCUT2D eigenvalue weighted by molar-refractivity contribution is -0.625. The van der Waals surface area contributed by atoms with Crippen molar-refractivity contribution in [3.63, 3.8) is 0 Å². The molecule has 0 saturated heterocycles. The molecule has 0 bridgehead atoms. The van der Waals surface area contributed by atoms with Crippen molar-refractivity contribution in [1.29, 1.82) is 0 Å². The number of carbonyl (C=O) groups is 1. The summed E-state index contributed by atoms with van der Waals surface area (Å²) in [6, 6.07) is 19.6. The molecule has 39 heavy (non-hydrogen) atoms. The summed E-state index contributed by atoms with van der Waals surface area (Å²) in [6.45, 7) is 6.54. The molecule has 8 nitrogen and oxygen atoms in total. The molecule has 1 amide bonds. The quantitative estimate of drug-likeness (QED) is 0.0846. The van der Waals surface area contributed by atoms with Crippen molar-refractivity contribution in [1.82, 2.24) is 15.6 Å². The molecule has 0 atom stereocenters. The highest BCUT2D eigenvalue weighted by atomic mass is 127. The number of nitrogens with one attached hydrogen (secondary N) is 2. The highest BCUT2D eigenvalue weighted by molar-refractivity contribution is 14.1. The summed E-state index contributed by atoms with van der Waals surface area (Å²) in [4.78, 5) is 12.6. The van der Waals surface area contributed by atoms with Crippen LogP contribution in [-0.2, 0) is 10.2 Å². The van der Waals surface area contributed by atoms with Gasteiger partial charge in [0.25, 0.3) is 11.7 Å². The second-order valence-electron chi connectivity index (χ2n) is 9.60. The van der Waals surface area contributed by atoms with Crippen LogP contribution in [0.3, 0.4) is 0 Å². The fraction of sp³-hybridized carbons (Fsp3) is 0.214. The third kappa shape index (κ3) is 7.31. The Hall–Kier alpha value is -2.65. The van der Waals surface area contributed by atoms with E-state index in [4.69, 9.17) is 4.74 Å². The summed E-state index contributed by atoms with van der Waals surface area (Å²) in [6.07, 6.45) is 1.38. The SMILES string of the molecule is COc1ccc(-[n+]2c(SCC(=O)N/N=C/c3cc(I)cc(I)c3[O-])n[nH]c2-c2ccc(C(C)(C)C)cc2)cc1. The number of aromatic amines is 1. The molecule has 2 N–H and O–H groups in total. The number of methoxy groups -OCH3 is 1. The first-order chi connectivity index (χ1) is 18.6. The van der Waals surface area contributed by atoms with Gasteiger partial charge >= 0.3 is 5.16 Å². The van der Waals surface area contributed by atoms with E-state index in [-0.39, 0.29) is 22.8 Å². The van der Waals surface area contributed by atoms with Crippen LogP contribution in [0.2, 0.25) is 0 Å². The van der Waals surface area contributed by atoms with Crippen LogP contribution < -0.4 is 19.8 Å². The molecule has 0 aliphatic heterocycles. The van der Waals surface area contributed by atoms with Crippen LogP contribution in [0, 0.1) is 7.14 Å². The molecular formula is C28H27I2N5O3S. The number of hydrazone groups is 1. The van der Waals surface area contributed by atoms with E-state index in [1.165, 1.54) is 23.5 Å². The van der Waals surface area contributed by atoms with Crippen molar-refractivity contribution in [2.24, 2.45) is 5.10 Å². The number of aromatic nitrogens is 3. The lowest BCUT2D eigenvalue weighted by atomic mass is 9.87. The van der Waals surface area contributed by atoms with Crippen LogP contribution in [0.1, 0.15) is 31.9 Å². The number of H-pyrrole nitrogens is 1. The van der Waals surface area contributed by atoms with Crippen LogP contribution in [0.4, 0.5) is 0 Å². The Kier molecular flexibility index (Phi) is 9.54. The lowest BCUT2D eigenvalue weighted by Gasteiger charge is -2.18. The van der Waals surface area contributed by atoms with Crippen LogP contribution >= 0.6 is 56.9 Å². The van der Waals surface area contributed by atoms with Gasteiger partial charge in [0.05, 0.1) is 29.7 Å². The molecule has 0 aliphatic rings. The molecule has 3 aromatic carbocycles. The van der Waals surface area contributed by atoms with E-state index in [1.54, 1.807) is 19.2 Å². The van der Waals surface area contributed by atoms with E-state index in [2.05, 4.69) is 88.4 Å². The first-order valence-corrected chi connectivity index (χ1v) is 15.1. The molecule has 202 valence electrons. The molecule has 4 aromatic rings. The van der Waals surface area contributed by atoms with Gasteiger partial charge in [0.15, 0.2) is 0 Å². The second kappa shape index (κ2) is 12.7. The fourth-order valence-corrected chi connectivity index (χ4v) is 6.35. The van der Waals surface area contributed by atoms with Crippen molar-refractivity contribution >= 4 is 69.1 Å². The maximum atomic E-state index is 12.6. The molecule has 0 aliphatic carbocycles. The number of thioether (sulfide) groups is 1. The van der Waals surface area contributed by atoms with E-state index in [1.807, 2.05) is 51.4 Å². The molecule has 4 rings (SSSR count). The summed E-state index contributed by atoms with van der Waals surface area (Å²) in [7, 11) is 1.63. The Morgan fingerprint density at radius 3 is 2.49 bits per heavy atom. The largest absolute Gasteiger partial charge is 0.871 e. The number of ether oxygens (including phenoxy) is 1. The first kappa shape index (κ1) is 29.3. The number of hydrogen-bond acceptors (Lipinski definition) is 6. The normalized spacial score (nSPS) is 11.6. The minimum atomic E-state index is -0.315. The van der Waals surface area contributed by atoms with Crippen molar-refractivity contribution < 1.29 is 19.2 Å². The number of amides is 1. The number of halogens is 2. The van der Waals surface area contributed by atoms with E-state index < -0.39 is 0 Å². The minimum absolute atomic E-state index is 0.0437. The number of benzene rings is 3. The van der Waals surface area contributed by atoms with E-state index >= 15 is 0 Å². The minimum Gasteiger partial charge on any atom is -0.871 e. The Labute approximate surface area is 258 Å². The average molecular weight is 767 g/mol. The van der Waals surface area contributed by atoms with Crippen molar-refractivity contribution in [2.45, 2.75) is 31.3 Å². The zero-order valence-corrected chi connectivity index (χ0v) is 26.9. The average Bonchev–Trinajstić information content (AvgIpc) is 3.33. The van der Waals surface area contributed by atoms with Crippen LogP contribution in [0.5, 0.6) is 11.5 Å². The lowest BCUT2D eigenvalue weighted by Crippen LogP contribution is -2.34. The zero-order valence-electron chi connectivity index (χ0n) is 21.8. The van der Waals surface area contributed by atoms with Gasteiger partial charge < -0.3 is 9.84 Å². The standard InChI is InChI=1S/C28H27I2N5O3S/c1-28(2,3)19-7-5-17(6-8-19)26-33-34-27(35(26)21-9-11-22(38-4)12-10-21)39-16-24(36)32-31-15-18-13-20(29)14-23(30)25(18)37/h5-15H,16H2,1-4H3,(H2,31,32,36,37). The summed E-state index contributed by atoms with van der Waals surface area (Å²) in [5, 5.41) is 24.5. The van der Waals surface area contributed by atoms with Crippen LogP contribution in [0.15, 0.2) is 70.9 Å². The maximum Gasteiger partial charge on any atom is 0.342 e. The molecule has 0 radical (unpaired) electrons. The van der Waals surface area contributed by atoms with Gasteiger partial charge in [-0.25, -0.2) is 5.43 Å². The molecule has 0 unspecified atom stereocenters. The molecular weight excluding hydrogens is 740 g/mol. The highest BCUT2D eigenvalue weighted by Crippen LogP contribution is 2.27. The molecule has 0 saturated carbocycles. The van der Waals surface area contributed by atoms with Crippen molar-refractivity contribution in [3.8, 4) is 28.6 Å². The molecule has 0 fully saturated rings. The van der Waals surface area contributed by atoms with Gasteiger partial charge in [0, 0.05) is 7.14 Å². The summed E-state index contributed by atoms with van der Waals surface area (Å²) >= 11 is 5.41. The number of hydrogen-bond donors (Lipinski definition) is 2. The Morgan fingerprint density at radius 2 is 1.85 bits per heavy atom. The third-order valence-electron chi connectivity index (χ3n) is 5.79. The summed E-state index contributed by atoms with van der Waals surface area (Å²) < 4.78 is 8.82. The number of nitrogens with zero attached hydrogens (tertiary/aromatic N) is 3. The summed E-state index contributed by atoms with van der Waals surface area (Å²) in [5.41, 5.74) is 6.04. The molecule has 11 heteroatoms. The molecule has 1 aromatic heterocycles. The topological polar surface area (TPSA) is 106 Å². The zero-order chi connectivity index (χ0) is 28.2. The van der Waals surface area contributed by atoms with E-state index in [0.717, 1.165) is 26.4 Å². The monoisotopic (exact) mass is 767 g/mol. The highest BCUT2D eigenvalue weighted by Gasteiger charge is 2.25. The van der Waals surface area contributed by atoms with Gasteiger partial charge in [-0.2, -0.15) is 9.67 Å². The smallest absolute Gasteiger partial charge is 0.342 e. The molecule has 0 spiro atoms. The van der Waals surface area contributed by atoms with Crippen molar-refractivity contribution in [3.05, 3.63) is 78.9 Å². The fourth-order valence-electron chi connectivity index (χ4n) is 3.70. The maximum absolute atomic E-state index is 12.6. The Morgan fingerprint density at radius 1 is 1.15 bits per heavy atom. The predicted octanol–water partition coefficient (Wildman–Crippen LogP) is 5.18. The van der Waals surface area contributed by atoms with E-state index in [9.17, 15) is 9.90 Å². The van der Waals surface area contributed by atoms with Gasteiger partial charge in [-0.3, -0.25) is 4.79 Å². The summed E-state index contributed by atoms with van der Waals surface area (Å²) in [5.74, 6) is 1.18. The van der Waals surface area contributed by atoms with Gasteiger partial charge in [-0.15, -0.1) is 5.10 Å². The van der Waals surface area contributed by atoms with E-state index in [0.29, 0.717) is 14.3 Å². The van der Waals surface area contributed by atoms with Crippen LogP contribution in [-0.4, -0.2) is 35.2 Å². The van der Waals surface area contributed by atoms with Gasteiger partial charge in [0.1, 0.15) is 11.4 Å². The Balaban J connectivity index is 1.55. The van der Waals surface area contributed by atoms with Gasteiger partial charge in [-0.1, -0.05) is 38.7 Å². The first-order valence-electron chi connectivity index (χ1n) is 11.9. The third-order valence-corrected chi connectivity index (χ3v) is 8.15. The number of carbonyl (C=O) groups excluding carboxylic acids is 1. The second-order valence-corrected chi connectivity index (χ2v) is 13.0. The van der Waals surface area contributed by atoms with Crippen LogP contribution in [0.25, 0.3) is 17.1 Å². The Bertz CT molecular complexity index is 1500. The van der Waals surface area contributed by atoms with Gasteiger partial charge in [0.2, 0.25) is 0 Å². The molecule has 1 heterocycles. The predicted molar refractivity (Wildman–Crippen MR) is 169 cm³/mol. The number of rotatable bonds is 8. The van der Waals surface area contributed by atoms with Gasteiger partial charge in [-0.05, 0) is 122 Å².